The summed E-state index contributed by atoms with van der Waals surface area (Å²) in [5, 5.41) is 8.06. The second kappa shape index (κ2) is 11.0. The van der Waals surface area contributed by atoms with E-state index in [0.29, 0.717) is 17.1 Å². The van der Waals surface area contributed by atoms with Crippen molar-refractivity contribution in [1.82, 2.24) is 20.3 Å². The van der Waals surface area contributed by atoms with Gasteiger partial charge in [-0.2, -0.15) is 5.06 Å². The Morgan fingerprint density at radius 1 is 1.17 bits per heavy atom. The third kappa shape index (κ3) is 5.04. The standard InChI is InChI=1S/C26H28FN7O2/c1-17(27)25(35)31-21-11-7-8-12-22(21)34(36-4)26-30-16-23(33(3)14-13-28-2)24(32-26)19-15-29-20-10-6-5-9-18(19)20/h5-12,15-16,28-29H,1,13-14H2,2-4H3,(H,31,35). The second-order valence-corrected chi connectivity index (χ2v) is 8.03. The molecule has 0 bridgehead atoms. The number of likely N-dealkylation sites (N-methyl/N-ethyl adjacent to an activating group) is 2. The summed E-state index contributed by atoms with van der Waals surface area (Å²) in [6.07, 6.45) is 3.66. The molecule has 0 aliphatic rings. The number of nitrogens with one attached hydrogen (secondary N) is 3. The molecule has 0 radical (unpaired) electrons. The monoisotopic (exact) mass is 489 g/mol. The van der Waals surface area contributed by atoms with Crippen LogP contribution in [-0.4, -0.2) is 55.2 Å². The van der Waals surface area contributed by atoms with E-state index in [-0.39, 0.29) is 5.95 Å². The number of fused-ring (bicyclic) bond motifs is 1. The summed E-state index contributed by atoms with van der Waals surface area (Å²) in [4.78, 5) is 32.5. The summed E-state index contributed by atoms with van der Waals surface area (Å²) in [6.45, 7) is 4.58. The highest BCUT2D eigenvalue weighted by Crippen LogP contribution is 2.37. The van der Waals surface area contributed by atoms with E-state index in [4.69, 9.17) is 9.82 Å². The summed E-state index contributed by atoms with van der Waals surface area (Å²) in [6, 6.07) is 14.8. The van der Waals surface area contributed by atoms with Gasteiger partial charge < -0.3 is 20.5 Å². The van der Waals surface area contributed by atoms with E-state index in [1.54, 1.807) is 30.5 Å². The Morgan fingerprint density at radius 3 is 2.67 bits per heavy atom. The second-order valence-electron chi connectivity index (χ2n) is 8.03. The number of anilines is 4. The van der Waals surface area contributed by atoms with E-state index in [2.05, 4.69) is 32.1 Å². The molecule has 0 spiro atoms. The number of amides is 1. The Labute approximate surface area is 208 Å². The van der Waals surface area contributed by atoms with Gasteiger partial charge in [-0.25, -0.2) is 14.4 Å². The van der Waals surface area contributed by atoms with Crippen LogP contribution in [0.1, 0.15) is 0 Å². The lowest BCUT2D eigenvalue weighted by molar-refractivity contribution is -0.114. The lowest BCUT2D eigenvalue weighted by atomic mass is 10.1. The largest absolute Gasteiger partial charge is 0.370 e. The van der Waals surface area contributed by atoms with Gasteiger partial charge in [-0.1, -0.05) is 36.9 Å². The number of hydrogen-bond donors (Lipinski definition) is 3. The van der Waals surface area contributed by atoms with E-state index in [1.165, 1.54) is 12.2 Å². The van der Waals surface area contributed by atoms with E-state index < -0.39 is 11.7 Å². The molecule has 2 aromatic heterocycles. The molecule has 0 fully saturated rings. The van der Waals surface area contributed by atoms with Crippen molar-refractivity contribution in [3.8, 4) is 11.3 Å². The zero-order valence-electron chi connectivity index (χ0n) is 20.4. The SMILES string of the molecule is C=C(F)C(=O)Nc1ccccc1N(OC)c1ncc(N(C)CCNC)c(-c2c[nH]c3ccccc23)n1. The fourth-order valence-corrected chi connectivity index (χ4v) is 3.84. The van der Waals surface area contributed by atoms with E-state index >= 15 is 0 Å². The minimum Gasteiger partial charge on any atom is -0.370 e. The van der Waals surface area contributed by atoms with Crippen molar-refractivity contribution in [2.24, 2.45) is 0 Å². The van der Waals surface area contributed by atoms with Gasteiger partial charge in [-0.15, -0.1) is 0 Å². The topological polar surface area (TPSA) is 98.4 Å². The third-order valence-corrected chi connectivity index (χ3v) is 5.69. The normalized spacial score (nSPS) is 10.9. The molecule has 186 valence electrons. The van der Waals surface area contributed by atoms with Crippen molar-refractivity contribution in [2.75, 3.05) is 49.6 Å². The van der Waals surface area contributed by atoms with Crippen molar-refractivity contribution < 1.29 is 14.0 Å². The predicted octanol–water partition coefficient (Wildman–Crippen LogP) is 4.40. The highest BCUT2D eigenvalue weighted by molar-refractivity contribution is 6.04. The van der Waals surface area contributed by atoms with Crippen molar-refractivity contribution >= 4 is 39.8 Å². The van der Waals surface area contributed by atoms with Crippen molar-refractivity contribution in [2.45, 2.75) is 0 Å². The Bertz CT molecular complexity index is 1390. The van der Waals surface area contributed by atoms with Gasteiger partial charge in [0, 0.05) is 42.8 Å². The highest BCUT2D eigenvalue weighted by atomic mass is 19.1. The Hall–Kier alpha value is -4.28. The van der Waals surface area contributed by atoms with Crippen LogP contribution in [0.25, 0.3) is 22.2 Å². The van der Waals surface area contributed by atoms with E-state index in [1.807, 2.05) is 44.6 Å². The average molecular weight is 490 g/mol. The van der Waals surface area contributed by atoms with Crippen molar-refractivity contribution in [3.05, 3.63) is 73.3 Å². The molecule has 0 saturated carbocycles. The molecule has 36 heavy (non-hydrogen) atoms. The molecule has 0 aliphatic carbocycles. The smallest absolute Gasteiger partial charge is 0.283 e. The average Bonchev–Trinajstić information content (AvgIpc) is 3.32. The summed E-state index contributed by atoms with van der Waals surface area (Å²) < 4.78 is 13.4. The van der Waals surface area contributed by atoms with Crippen LogP contribution in [0.3, 0.4) is 0 Å². The first-order valence-electron chi connectivity index (χ1n) is 11.3. The van der Waals surface area contributed by atoms with Crippen molar-refractivity contribution in [1.29, 1.82) is 0 Å². The maximum atomic E-state index is 13.4. The quantitative estimate of drug-likeness (QED) is 0.224. The van der Waals surface area contributed by atoms with Gasteiger partial charge in [0.2, 0.25) is 0 Å². The number of hydrogen-bond acceptors (Lipinski definition) is 7. The molecule has 2 aromatic carbocycles. The van der Waals surface area contributed by atoms with Gasteiger partial charge in [-0.3, -0.25) is 9.63 Å². The zero-order chi connectivity index (χ0) is 25.7. The number of halogens is 1. The van der Waals surface area contributed by atoms with Gasteiger partial charge in [0.15, 0.2) is 5.83 Å². The molecular formula is C26H28FN7O2. The third-order valence-electron chi connectivity index (χ3n) is 5.69. The minimum absolute atomic E-state index is 0.240. The van der Waals surface area contributed by atoms with Gasteiger partial charge in [0.25, 0.3) is 11.9 Å². The Balaban J connectivity index is 1.83. The van der Waals surface area contributed by atoms with Gasteiger partial charge in [-0.05, 0) is 25.2 Å². The lowest BCUT2D eigenvalue weighted by Crippen LogP contribution is -2.28. The first-order chi connectivity index (χ1) is 17.4. The van der Waals surface area contributed by atoms with Crippen LogP contribution in [0.2, 0.25) is 0 Å². The molecule has 10 heteroatoms. The van der Waals surface area contributed by atoms with E-state index in [9.17, 15) is 9.18 Å². The van der Waals surface area contributed by atoms with Crippen LogP contribution in [0, 0.1) is 0 Å². The minimum atomic E-state index is -1.10. The van der Waals surface area contributed by atoms with Crippen LogP contribution >= 0.6 is 0 Å². The number of para-hydroxylation sites is 3. The molecule has 0 atom stereocenters. The molecule has 2 heterocycles. The maximum Gasteiger partial charge on any atom is 0.283 e. The van der Waals surface area contributed by atoms with Crippen LogP contribution in [0.5, 0.6) is 0 Å². The van der Waals surface area contributed by atoms with Crippen LogP contribution in [0.15, 0.2) is 73.3 Å². The fourth-order valence-electron chi connectivity index (χ4n) is 3.84. The summed E-state index contributed by atoms with van der Waals surface area (Å²) >= 11 is 0. The molecule has 0 saturated heterocycles. The molecule has 0 unspecified atom stereocenters. The zero-order valence-corrected chi connectivity index (χ0v) is 20.4. The number of rotatable bonds is 10. The van der Waals surface area contributed by atoms with Crippen molar-refractivity contribution in [3.63, 3.8) is 0 Å². The number of benzene rings is 2. The van der Waals surface area contributed by atoms with Gasteiger partial charge in [0.1, 0.15) is 5.69 Å². The molecule has 9 nitrogen and oxygen atoms in total. The number of carbonyl (C=O) groups is 1. The molecule has 3 N–H and O–H groups in total. The number of carbonyl (C=O) groups excluding carboxylic acids is 1. The molecule has 4 aromatic rings. The van der Waals surface area contributed by atoms with Gasteiger partial charge >= 0.3 is 0 Å². The Morgan fingerprint density at radius 2 is 1.92 bits per heavy atom. The molecule has 4 rings (SSSR count). The van der Waals surface area contributed by atoms with E-state index in [0.717, 1.165) is 35.2 Å². The number of H-pyrrole nitrogens is 1. The first kappa shape index (κ1) is 24.8. The van der Waals surface area contributed by atoms with Crippen LogP contribution in [-0.2, 0) is 9.63 Å². The number of aromatic amines is 1. The summed E-state index contributed by atoms with van der Waals surface area (Å²) in [7, 11) is 5.35. The molecule has 0 aliphatic heterocycles. The number of aromatic nitrogens is 3. The lowest BCUT2D eigenvalue weighted by Gasteiger charge is -2.25. The fraction of sp³-hybridized carbons (Fsp3) is 0.192. The summed E-state index contributed by atoms with van der Waals surface area (Å²) in [5.74, 6) is -1.80. The first-order valence-corrected chi connectivity index (χ1v) is 11.3. The molecular weight excluding hydrogens is 461 g/mol. The Kier molecular flexibility index (Phi) is 7.57. The predicted molar refractivity (Wildman–Crippen MR) is 141 cm³/mol. The van der Waals surface area contributed by atoms with Gasteiger partial charge in [0.05, 0.1) is 30.4 Å². The van der Waals surface area contributed by atoms with Crippen LogP contribution < -0.4 is 20.6 Å². The molecule has 1 amide bonds. The summed E-state index contributed by atoms with van der Waals surface area (Å²) in [5.41, 5.74) is 4.18. The highest BCUT2D eigenvalue weighted by Gasteiger charge is 2.22. The number of nitrogens with zero attached hydrogens (tertiary/aromatic N) is 4. The maximum absolute atomic E-state index is 13.4. The van der Waals surface area contributed by atoms with Crippen LogP contribution in [0.4, 0.5) is 27.4 Å².